The number of phenolic OH excluding ortho intramolecular Hbond substituents is 4. The lowest BCUT2D eigenvalue weighted by molar-refractivity contribution is -0.124. The molecule has 10 nitrogen and oxygen atoms in total. The van der Waals surface area contributed by atoms with Gasteiger partial charge in [0.15, 0.2) is 23.0 Å². The average Bonchev–Trinajstić information content (AvgIpc) is 3.11. The van der Waals surface area contributed by atoms with E-state index in [0.29, 0.717) is 5.56 Å². The molecule has 0 unspecified atom stereocenters. The number of aryl methyl sites for hydroxylation is 1. The third kappa shape index (κ3) is 7.99. The number of aromatic hydroxyl groups is 4. The van der Waals surface area contributed by atoms with Crippen molar-refractivity contribution in [2.45, 2.75) is 37.9 Å². The van der Waals surface area contributed by atoms with E-state index in [1.807, 2.05) is 91.9 Å². The zero-order valence-corrected chi connectivity index (χ0v) is 26.8. The summed E-state index contributed by atoms with van der Waals surface area (Å²) in [7, 11) is 0. The van der Waals surface area contributed by atoms with Crippen LogP contribution in [-0.2, 0) is 21.7 Å². The van der Waals surface area contributed by atoms with Gasteiger partial charge in [-0.2, -0.15) is 0 Å². The Bertz CT molecular complexity index is 1890. The van der Waals surface area contributed by atoms with Gasteiger partial charge in [-0.05, 0) is 65.9 Å². The van der Waals surface area contributed by atoms with E-state index < -0.39 is 34.9 Å². The molecule has 0 radical (unpaired) electrons. The van der Waals surface area contributed by atoms with Crippen molar-refractivity contribution in [3.63, 3.8) is 0 Å². The molecule has 0 fully saturated rings. The van der Waals surface area contributed by atoms with Crippen LogP contribution in [0.1, 0.15) is 51.0 Å². The quantitative estimate of drug-likeness (QED) is 0.0721. The molecular formula is C39H37N3O7. The maximum atomic E-state index is 14.0. The summed E-state index contributed by atoms with van der Waals surface area (Å²) in [6.07, 6.45) is -0.256. The molecule has 5 aromatic carbocycles. The van der Waals surface area contributed by atoms with Crippen molar-refractivity contribution >= 4 is 17.7 Å². The smallest absolute Gasteiger partial charge is 0.252 e. The van der Waals surface area contributed by atoms with Gasteiger partial charge in [0.1, 0.15) is 11.6 Å². The summed E-state index contributed by atoms with van der Waals surface area (Å²) in [5.41, 5.74) is 2.93. The van der Waals surface area contributed by atoms with Crippen LogP contribution in [-0.4, -0.2) is 44.2 Å². The standard InChI is InChI=1S/C39H37N3O7/c1-25-12-16-30(17-13-25)39(28-8-4-2-5-9-28,29-10-6-3-7-11-29)42-36(47)21-18-31(41-37(48)27-15-20-33(44)35(46)23-27)38(49)40-24-26-14-19-32(43)34(45)22-26/h2-17,19-20,22-23,31,43-46H,18,21,24H2,1H3,(H,40,49)(H,41,48)(H,42,47)/t31-/m0/s1. The van der Waals surface area contributed by atoms with E-state index in [2.05, 4.69) is 16.0 Å². The summed E-state index contributed by atoms with van der Waals surface area (Å²) in [5, 5.41) is 47.7. The van der Waals surface area contributed by atoms with Crippen molar-refractivity contribution in [3.8, 4) is 23.0 Å². The Balaban J connectivity index is 1.42. The highest BCUT2D eigenvalue weighted by atomic mass is 16.3. The van der Waals surface area contributed by atoms with Gasteiger partial charge in [0, 0.05) is 18.5 Å². The van der Waals surface area contributed by atoms with Crippen molar-refractivity contribution in [1.82, 2.24) is 16.0 Å². The molecule has 0 spiro atoms. The topological polar surface area (TPSA) is 168 Å². The molecule has 0 heterocycles. The second-order valence-corrected chi connectivity index (χ2v) is 11.7. The Labute approximate surface area is 283 Å². The average molecular weight is 660 g/mol. The van der Waals surface area contributed by atoms with E-state index in [9.17, 15) is 34.8 Å². The monoisotopic (exact) mass is 659 g/mol. The minimum absolute atomic E-state index is 0.00690. The molecule has 1 atom stereocenters. The van der Waals surface area contributed by atoms with Crippen molar-refractivity contribution in [2.24, 2.45) is 0 Å². The Hall–Kier alpha value is -6.29. The van der Waals surface area contributed by atoms with Gasteiger partial charge < -0.3 is 36.4 Å². The molecule has 250 valence electrons. The van der Waals surface area contributed by atoms with Gasteiger partial charge in [0.2, 0.25) is 11.8 Å². The van der Waals surface area contributed by atoms with Crippen LogP contribution in [0.15, 0.2) is 121 Å². The number of nitrogens with one attached hydrogen (secondary N) is 3. The van der Waals surface area contributed by atoms with Gasteiger partial charge in [0.25, 0.3) is 5.91 Å². The molecule has 0 aliphatic carbocycles. The summed E-state index contributed by atoms with van der Waals surface area (Å²) >= 11 is 0. The van der Waals surface area contributed by atoms with Crippen molar-refractivity contribution < 1.29 is 34.8 Å². The fourth-order valence-corrected chi connectivity index (χ4v) is 5.61. The van der Waals surface area contributed by atoms with Crippen LogP contribution >= 0.6 is 0 Å². The second kappa shape index (κ2) is 15.1. The number of rotatable bonds is 12. The summed E-state index contributed by atoms with van der Waals surface area (Å²) in [5.74, 6) is -3.27. The minimum atomic E-state index is -1.19. The van der Waals surface area contributed by atoms with Crippen LogP contribution in [0.25, 0.3) is 0 Å². The van der Waals surface area contributed by atoms with E-state index in [0.717, 1.165) is 34.4 Å². The first-order valence-electron chi connectivity index (χ1n) is 15.7. The SMILES string of the molecule is Cc1ccc(C(NC(=O)CC[C@H](NC(=O)c2ccc(O)c(O)c2)C(=O)NCc2ccc(O)c(O)c2)(c2ccccc2)c2ccccc2)cc1. The molecule has 0 saturated carbocycles. The normalized spacial score (nSPS) is 11.7. The van der Waals surface area contributed by atoms with Gasteiger partial charge >= 0.3 is 0 Å². The Morgan fingerprint density at radius 3 is 1.78 bits per heavy atom. The zero-order chi connectivity index (χ0) is 35.0. The van der Waals surface area contributed by atoms with E-state index in [1.165, 1.54) is 24.3 Å². The lowest BCUT2D eigenvalue weighted by Crippen LogP contribution is -2.49. The summed E-state index contributed by atoms with van der Waals surface area (Å²) < 4.78 is 0. The first kappa shape index (κ1) is 34.1. The molecule has 0 saturated heterocycles. The van der Waals surface area contributed by atoms with Crippen LogP contribution in [0.4, 0.5) is 0 Å². The minimum Gasteiger partial charge on any atom is -0.504 e. The molecule has 0 aromatic heterocycles. The Morgan fingerprint density at radius 1 is 0.653 bits per heavy atom. The molecule has 0 aliphatic rings. The Morgan fingerprint density at radius 2 is 1.20 bits per heavy atom. The molecular weight excluding hydrogens is 622 g/mol. The third-order valence-corrected chi connectivity index (χ3v) is 8.25. The molecule has 49 heavy (non-hydrogen) atoms. The first-order valence-corrected chi connectivity index (χ1v) is 15.7. The van der Waals surface area contributed by atoms with Gasteiger partial charge in [-0.25, -0.2) is 0 Å². The lowest BCUT2D eigenvalue weighted by Gasteiger charge is -2.37. The number of carbonyl (C=O) groups excluding carboxylic acids is 3. The van der Waals surface area contributed by atoms with Crippen LogP contribution in [0.3, 0.4) is 0 Å². The highest BCUT2D eigenvalue weighted by Gasteiger charge is 2.38. The fourth-order valence-electron chi connectivity index (χ4n) is 5.61. The maximum absolute atomic E-state index is 14.0. The van der Waals surface area contributed by atoms with E-state index >= 15 is 0 Å². The molecule has 0 aliphatic heterocycles. The number of benzene rings is 5. The molecule has 3 amide bonds. The predicted octanol–water partition coefficient (Wildman–Crippen LogP) is 5.12. The summed E-state index contributed by atoms with van der Waals surface area (Å²) in [6, 6.07) is 33.5. The molecule has 5 rings (SSSR count). The van der Waals surface area contributed by atoms with Gasteiger partial charge in [-0.1, -0.05) is 96.6 Å². The second-order valence-electron chi connectivity index (χ2n) is 11.7. The molecule has 10 heteroatoms. The maximum Gasteiger partial charge on any atom is 0.252 e. The Kier molecular flexibility index (Phi) is 10.5. The molecule has 5 aromatic rings. The van der Waals surface area contributed by atoms with Crippen LogP contribution in [0, 0.1) is 6.92 Å². The van der Waals surface area contributed by atoms with Crippen LogP contribution in [0.5, 0.6) is 23.0 Å². The highest BCUT2D eigenvalue weighted by molar-refractivity contribution is 5.98. The number of amides is 3. The van der Waals surface area contributed by atoms with Gasteiger partial charge in [-0.15, -0.1) is 0 Å². The summed E-state index contributed by atoms with van der Waals surface area (Å²) in [4.78, 5) is 40.7. The number of phenols is 4. The molecule has 7 N–H and O–H groups in total. The van der Waals surface area contributed by atoms with Gasteiger partial charge in [0.05, 0.1) is 0 Å². The highest BCUT2D eigenvalue weighted by Crippen LogP contribution is 2.37. The summed E-state index contributed by atoms with van der Waals surface area (Å²) in [6.45, 7) is 1.95. The van der Waals surface area contributed by atoms with E-state index in [1.54, 1.807) is 0 Å². The van der Waals surface area contributed by atoms with Crippen molar-refractivity contribution in [1.29, 1.82) is 0 Å². The predicted molar refractivity (Wildman–Crippen MR) is 184 cm³/mol. The van der Waals surface area contributed by atoms with E-state index in [4.69, 9.17) is 0 Å². The van der Waals surface area contributed by atoms with E-state index in [-0.39, 0.29) is 42.4 Å². The van der Waals surface area contributed by atoms with Crippen LogP contribution in [0.2, 0.25) is 0 Å². The lowest BCUT2D eigenvalue weighted by atomic mass is 9.76. The first-order chi connectivity index (χ1) is 23.6. The fraction of sp³-hybridized carbons (Fsp3) is 0.154. The van der Waals surface area contributed by atoms with Gasteiger partial charge in [-0.3, -0.25) is 14.4 Å². The van der Waals surface area contributed by atoms with Crippen LogP contribution < -0.4 is 16.0 Å². The van der Waals surface area contributed by atoms with Crippen molar-refractivity contribution in [3.05, 3.63) is 155 Å². The third-order valence-electron chi connectivity index (χ3n) is 8.25. The molecule has 0 bridgehead atoms. The van der Waals surface area contributed by atoms with Crippen molar-refractivity contribution in [2.75, 3.05) is 0 Å². The number of hydrogen-bond donors (Lipinski definition) is 7. The number of carbonyl (C=O) groups is 3. The zero-order valence-electron chi connectivity index (χ0n) is 26.8. The largest absolute Gasteiger partial charge is 0.504 e. The number of hydrogen-bond acceptors (Lipinski definition) is 7.